The van der Waals surface area contributed by atoms with Crippen molar-refractivity contribution in [3.8, 4) is 0 Å². The predicted octanol–water partition coefficient (Wildman–Crippen LogP) is 1.14. The summed E-state index contributed by atoms with van der Waals surface area (Å²) in [4.78, 5) is 15.5. The zero-order chi connectivity index (χ0) is 13.2. The van der Waals surface area contributed by atoms with E-state index in [0.29, 0.717) is 25.0 Å². The van der Waals surface area contributed by atoms with Gasteiger partial charge < -0.3 is 16.4 Å². The number of guanidine groups is 1. The van der Waals surface area contributed by atoms with E-state index < -0.39 is 0 Å². The summed E-state index contributed by atoms with van der Waals surface area (Å²) in [5, 5.41) is 6.05. The molecular formula is C13H26N4O. The number of rotatable bonds is 6. The molecule has 1 amide bonds. The van der Waals surface area contributed by atoms with Gasteiger partial charge in [0.15, 0.2) is 5.96 Å². The Morgan fingerprint density at radius 2 is 2.06 bits per heavy atom. The number of hydrogen-bond donors (Lipinski definition) is 3. The van der Waals surface area contributed by atoms with Gasteiger partial charge in [-0.1, -0.05) is 26.2 Å². The second-order valence-electron chi connectivity index (χ2n) is 4.85. The first-order valence-electron chi connectivity index (χ1n) is 7.05. The van der Waals surface area contributed by atoms with Gasteiger partial charge in [-0.15, -0.1) is 0 Å². The van der Waals surface area contributed by atoms with Crippen molar-refractivity contribution >= 4 is 11.9 Å². The summed E-state index contributed by atoms with van der Waals surface area (Å²) in [6, 6.07) is 0.469. The Hall–Kier alpha value is -1.26. The zero-order valence-electron chi connectivity index (χ0n) is 11.4. The van der Waals surface area contributed by atoms with E-state index in [2.05, 4.69) is 15.6 Å². The predicted molar refractivity (Wildman–Crippen MR) is 74.4 cm³/mol. The second kappa shape index (κ2) is 8.78. The van der Waals surface area contributed by atoms with E-state index in [0.717, 1.165) is 13.0 Å². The molecule has 0 radical (unpaired) electrons. The fourth-order valence-electron chi connectivity index (χ4n) is 2.13. The maximum atomic E-state index is 11.3. The van der Waals surface area contributed by atoms with Crippen LogP contribution < -0.4 is 16.4 Å². The summed E-state index contributed by atoms with van der Waals surface area (Å²) in [5.74, 6) is 0.524. The van der Waals surface area contributed by atoms with Gasteiger partial charge in [0.05, 0.1) is 6.54 Å². The van der Waals surface area contributed by atoms with Crippen molar-refractivity contribution in [1.82, 2.24) is 10.6 Å². The van der Waals surface area contributed by atoms with Crippen LogP contribution in [0.4, 0.5) is 0 Å². The van der Waals surface area contributed by atoms with E-state index in [-0.39, 0.29) is 5.91 Å². The van der Waals surface area contributed by atoms with Gasteiger partial charge in [0, 0.05) is 19.0 Å². The lowest BCUT2D eigenvalue weighted by Gasteiger charge is -2.23. The average molecular weight is 254 g/mol. The standard InChI is InChI=1S/C13H26N4O/c1-2-9-15-12(18)8-10-16-13(14)17-11-6-4-3-5-7-11/h11H,2-10H2,1H3,(H,15,18)(H3,14,16,17). The first kappa shape index (κ1) is 14.8. The fraction of sp³-hybridized carbons (Fsp3) is 0.846. The van der Waals surface area contributed by atoms with Crippen molar-refractivity contribution in [2.45, 2.75) is 57.9 Å². The van der Waals surface area contributed by atoms with Gasteiger partial charge in [-0.05, 0) is 19.3 Å². The first-order valence-corrected chi connectivity index (χ1v) is 7.05. The molecular weight excluding hydrogens is 228 g/mol. The quantitative estimate of drug-likeness (QED) is 0.491. The number of carbonyl (C=O) groups excluding carboxylic acids is 1. The number of amides is 1. The van der Waals surface area contributed by atoms with Crippen molar-refractivity contribution in [3.05, 3.63) is 0 Å². The SMILES string of the molecule is CCCNC(=O)CCN=C(N)NC1CCCCC1. The van der Waals surface area contributed by atoms with Crippen LogP contribution in [-0.2, 0) is 4.79 Å². The molecule has 0 spiro atoms. The third-order valence-electron chi connectivity index (χ3n) is 3.15. The maximum Gasteiger partial charge on any atom is 0.221 e. The molecule has 0 bridgehead atoms. The second-order valence-corrected chi connectivity index (χ2v) is 4.85. The molecule has 0 unspecified atom stereocenters. The van der Waals surface area contributed by atoms with Crippen LogP contribution in [0.3, 0.4) is 0 Å². The minimum atomic E-state index is 0.0473. The molecule has 0 aliphatic heterocycles. The van der Waals surface area contributed by atoms with Crippen LogP contribution in [0, 0.1) is 0 Å². The summed E-state index contributed by atoms with van der Waals surface area (Å²) in [6.45, 7) is 3.23. The average Bonchev–Trinajstić information content (AvgIpc) is 2.37. The zero-order valence-corrected chi connectivity index (χ0v) is 11.4. The minimum Gasteiger partial charge on any atom is -0.370 e. The molecule has 1 aliphatic rings. The van der Waals surface area contributed by atoms with Crippen molar-refractivity contribution < 1.29 is 4.79 Å². The highest BCUT2D eigenvalue weighted by molar-refractivity contribution is 5.79. The maximum absolute atomic E-state index is 11.3. The molecule has 18 heavy (non-hydrogen) atoms. The van der Waals surface area contributed by atoms with E-state index in [1.54, 1.807) is 0 Å². The highest BCUT2D eigenvalue weighted by Crippen LogP contribution is 2.16. The summed E-state index contributed by atoms with van der Waals surface area (Å²) >= 11 is 0. The number of nitrogens with two attached hydrogens (primary N) is 1. The largest absolute Gasteiger partial charge is 0.370 e. The Balaban J connectivity index is 2.14. The highest BCUT2D eigenvalue weighted by Gasteiger charge is 2.13. The van der Waals surface area contributed by atoms with Crippen molar-refractivity contribution in [1.29, 1.82) is 0 Å². The summed E-state index contributed by atoms with van der Waals surface area (Å²) in [6.07, 6.45) is 7.58. The van der Waals surface area contributed by atoms with E-state index in [4.69, 9.17) is 5.73 Å². The van der Waals surface area contributed by atoms with Gasteiger partial charge in [-0.2, -0.15) is 0 Å². The van der Waals surface area contributed by atoms with Crippen LogP contribution in [0.15, 0.2) is 4.99 Å². The lowest BCUT2D eigenvalue weighted by atomic mass is 9.96. The van der Waals surface area contributed by atoms with Crippen molar-refractivity contribution in [2.75, 3.05) is 13.1 Å². The van der Waals surface area contributed by atoms with E-state index in [9.17, 15) is 4.79 Å². The molecule has 0 aromatic heterocycles. The topological polar surface area (TPSA) is 79.5 Å². The molecule has 104 valence electrons. The van der Waals surface area contributed by atoms with Crippen LogP contribution in [0.2, 0.25) is 0 Å². The van der Waals surface area contributed by atoms with Crippen molar-refractivity contribution in [2.24, 2.45) is 10.7 Å². The fourth-order valence-corrected chi connectivity index (χ4v) is 2.13. The molecule has 0 aromatic rings. The smallest absolute Gasteiger partial charge is 0.221 e. The van der Waals surface area contributed by atoms with Gasteiger partial charge in [0.1, 0.15) is 0 Å². The van der Waals surface area contributed by atoms with Crippen LogP contribution in [0.1, 0.15) is 51.9 Å². The molecule has 0 saturated heterocycles. The summed E-state index contributed by atoms with van der Waals surface area (Å²) in [5.41, 5.74) is 5.80. The minimum absolute atomic E-state index is 0.0473. The van der Waals surface area contributed by atoms with Crippen LogP contribution in [0.25, 0.3) is 0 Å². The van der Waals surface area contributed by atoms with Crippen LogP contribution >= 0.6 is 0 Å². The molecule has 1 rings (SSSR count). The molecule has 5 nitrogen and oxygen atoms in total. The molecule has 1 saturated carbocycles. The molecule has 0 atom stereocenters. The summed E-state index contributed by atoms with van der Waals surface area (Å²) < 4.78 is 0. The Kier molecular flexibility index (Phi) is 7.22. The Morgan fingerprint density at radius 3 is 2.72 bits per heavy atom. The third kappa shape index (κ3) is 6.47. The van der Waals surface area contributed by atoms with Gasteiger partial charge in [-0.25, -0.2) is 0 Å². The highest BCUT2D eigenvalue weighted by atomic mass is 16.1. The number of nitrogens with one attached hydrogen (secondary N) is 2. The van der Waals surface area contributed by atoms with E-state index in [1.807, 2.05) is 6.92 Å². The Morgan fingerprint density at radius 1 is 1.33 bits per heavy atom. The van der Waals surface area contributed by atoms with Crippen molar-refractivity contribution in [3.63, 3.8) is 0 Å². The van der Waals surface area contributed by atoms with Crippen LogP contribution in [-0.4, -0.2) is 31.0 Å². The lowest BCUT2D eigenvalue weighted by Crippen LogP contribution is -2.41. The molecule has 5 heteroatoms. The number of carbonyl (C=O) groups is 1. The number of nitrogens with zero attached hydrogens (tertiary/aromatic N) is 1. The monoisotopic (exact) mass is 254 g/mol. The summed E-state index contributed by atoms with van der Waals surface area (Å²) in [7, 11) is 0. The number of hydrogen-bond acceptors (Lipinski definition) is 2. The molecule has 0 aromatic carbocycles. The number of aliphatic imine (C=N–C) groups is 1. The molecule has 1 fully saturated rings. The molecule has 1 aliphatic carbocycles. The van der Waals surface area contributed by atoms with E-state index in [1.165, 1.54) is 32.1 Å². The van der Waals surface area contributed by atoms with Gasteiger partial charge in [0.2, 0.25) is 5.91 Å². The first-order chi connectivity index (χ1) is 8.72. The lowest BCUT2D eigenvalue weighted by molar-refractivity contribution is -0.120. The Labute approximate surface area is 110 Å². The third-order valence-corrected chi connectivity index (χ3v) is 3.15. The van der Waals surface area contributed by atoms with Crippen LogP contribution in [0.5, 0.6) is 0 Å². The van der Waals surface area contributed by atoms with Gasteiger partial charge in [0.25, 0.3) is 0 Å². The Bertz CT molecular complexity index is 272. The molecule has 4 N–H and O–H groups in total. The van der Waals surface area contributed by atoms with Gasteiger partial charge in [-0.3, -0.25) is 9.79 Å². The van der Waals surface area contributed by atoms with E-state index >= 15 is 0 Å². The normalized spacial score (nSPS) is 17.5. The molecule has 0 heterocycles. The van der Waals surface area contributed by atoms with Gasteiger partial charge >= 0.3 is 0 Å².